The number of piperidine rings is 1. The molecule has 1 aliphatic heterocycles. The number of amides is 1. The van der Waals surface area contributed by atoms with Crippen molar-refractivity contribution >= 4 is 15.9 Å². The van der Waals surface area contributed by atoms with Crippen LogP contribution in [0.25, 0.3) is 0 Å². The van der Waals surface area contributed by atoms with Crippen LogP contribution < -0.4 is 10.2 Å². The first kappa shape index (κ1) is 22.2. The number of nitrogens with one attached hydrogen (secondary N) is 1. The van der Waals surface area contributed by atoms with E-state index in [9.17, 15) is 18.3 Å². The molecule has 3 rings (SSSR count). The molecule has 0 radical (unpaired) electrons. The van der Waals surface area contributed by atoms with Crippen molar-refractivity contribution in [2.24, 2.45) is 0 Å². The number of hydrogen-bond acceptors (Lipinski definition) is 6. The molecular weight excluding hydrogens is 408 g/mol. The summed E-state index contributed by atoms with van der Waals surface area (Å²) in [5, 5.41) is 19.3. The van der Waals surface area contributed by atoms with Crippen LogP contribution in [0, 0.1) is 6.92 Å². The van der Waals surface area contributed by atoms with Gasteiger partial charge in [0.05, 0.1) is 10.5 Å². The number of hydroxylamine groups is 1. The Bertz CT molecular complexity index is 1000. The third-order valence-electron chi connectivity index (χ3n) is 5.35. The monoisotopic (exact) mass is 434 g/mol. The molecule has 0 spiro atoms. The zero-order valence-corrected chi connectivity index (χ0v) is 17.7. The first-order valence-electron chi connectivity index (χ1n) is 9.59. The van der Waals surface area contributed by atoms with Crippen LogP contribution in [0.15, 0.2) is 53.4 Å². The maximum atomic E-state index is 13.1. The fraction of sp³-hybridized carbons (Fsp3) is 0.381. The van der Waals surface area contributed by atoms with Gasteiger partial charge in [-0.3, -0.25) is 10.0 Å². The zero-order valence-electron chi connectivity index (χ0n) is 16.9. The van der Waals surface area contributed by atoms with Crippen molar-refractivity contribution in [3.05, 3.63) is 59.7 Å². The molecule has 2 aromatic rings. The van der Waals surface area contributed by atoms with E-state index in [0.29, 0.717) is 12.4 Å². The van der Waals surface area contributed by atoms with Crippen molar-refractivity contribution < 1.29 is 28.3 Å². The van der Waals surface area contributed by atoms with E-state index in [4.69, 9.17) is 9.94 Å². The van der Waals surface area contributed by atoms with Crippen LogP contribution in [0.2, 0.25) is 0 Å². The fourth-order valence-electron chi connectivity index (χ4n) is 3.49. The highest BCUT2D eigenvalue weighted by molar-refractivity contribution is 7.89. The molecule has 30 heavy (non-hydrogen) atoms. The predicted molar refractivity (Wildman–Crippen MR) is 109 cm³/mol. The van der Waals surface area contributed by atoms with Gasteiger partial charge in [0.1, 0.15) is 18.4 Å². The van der Waals surface area contributed by atoms with Crippen molar-refractivity contribution in [1.82, 2.24) is 9.79 Å². The number of aliphatic hydroxyl groups is 1. The van der Waals surface area contributed by atoms with Crippen molar-refractivity contribution in [2.75, 3.05) is 6.54 Å². The van der Waals surface area contributed by atoms with Crippen LogP contribution in [0.1, 0.15) is 30.9 Å². The summed E-state index contributed by atoms with van der Waals surface area (Å²) in [6, 6.07) is 12.6. The highest BCUT2D eigenvalue weighted by Crippen LogP contribution is 2.31. The summed E-state index contributed by atoms with van der Waals surface area (Å²) >= 11 is 0. The number of ether oxygens (including phenoxy) is 1. The van der Waals surface area contributed by atoms with Crippen molar-refractivity contribution in [1.29, 1.82) is 0 Å². The zero-order chi connectivity index (χ0) is 21.9. The van der Waals surface area contributed by atoms with Gasteiger partial charge in [-0.15, -0.1) is 0 Å². The number of sulfonamides is 1. The second kappa shape index (κ2) is 8.73. The third kappa shape index (κ3) is 4.81. The summed E-state index contributed by atoms with van der Waals surface area (Å²) in [5.41, 5.74) is 2.44. The first-order chi connectivity index (χ1) is 14.1. The van der Waals surface area contributed by atoms with E-state index < -0.39 is 27.6 Å². The van der Waals surface area contributed by atoms with Crippen LogP contribution in [0.3, 0.4) is 0 Å². The van der Waals surface area contributed by atoms with E-state index in [-0.39, 0.29) is 24.3 Å². The van der Waals surface area contributed by atoms with E-state index in [1.807, 2.05) is 31.2 Å². The molecule has 162 valence electrons. The molecule has 2 atom stereocenters. The minimum Gasteiger partial charge on any atom is -0.489 e. The van der Waals surface area contributed by atoms with E-state index >= 15 is 0 Å². The highest BCUT2D eigenvalue weighted by atomic mass is 32.2. The number of rotatable bonds is 6. The number of nitrogens with zero attached hydrogens (tertiary/aromatic N) is 1. The van der Waals surface area contributed by atoms with Gasteiger partial charge in [-0.25, -0.2) is 13.9 Å². The van der Waals surface area contributed by atoms with Crippen LogP contribution in [0.5, 0.6) is 5.75 Å². The van der Waals surface area contributed by atoms with Gasteiger partial charge in [-0.2, -0.15) is 4.31 Å². The van der Waals surface area contributed by atoms with Crippen molar-refractivity contribution in [3.63, 3.8) is 0 Å². The van der Waals surface area contributed by atoms with Crippen molar-refractivity contribution in [3.8, 4) is 5.75 Å². The van der Waals surface area contributed by atoms with Gasteiger partial charge >= 0.3 is 0 Å². The normalized spacial score (nSPS) is 22.5. The lowest BCUT2D eigenvalue weighted by atomic mass is 9.89. The highest BCUT2D eigenvalue weighted by Gasteiger charge is 2.44. The molecule has 1 heterocycles. The maximum Gasteiger partial charge on any atom is 0.261 e. The number of hydrogen-bond donors (Lipinski definition) is 3. The topological polar surface area (TPSA) is 116 Å². The summed E-state index contributed by atoms with van der Waals surface area (Å²) in [5.74, 6) is -0.361. The molecule has 1 saturated heterocycles. The summed E-state index contributed by atoms with van der Waals surface area (Å²) in [6.07, 6.45) is 0.0648. The predicted octanol–water partition coefficient (Wildman–Crippen LogP) is 1.98. The summed E-state index contributed by atoms with van der Waals surface area (Å²) < 4.78 is 33.0. The second-order valence-corrected chi connectivity index (χ2v) is 9.64. The second-order valence-electron chi connectivity index (χ2n) is 7.75. The fourth-order valence-corrected chi connectivity index (χ4v) is 5.08. The molecule has 0 bridgehead atoms. The molecule has 1 amide bonds. The largest absolute Gasteiger partial charge is 0.489 e. The van der Waals surface area contributed by atoms with Crippen LogP contribution >= 0.6 is 0 Å². The maximum absolute atomic E-state index is 13.1. The molecular formula is C21H26N2O6S. The lowest BCUT2D eigenvalue weighted by Crippen LogP contribution is -2.57. The van der Waals surface area contributed by atoms with Gasteiger partial charge in [0.25, 0.3) is 5.91 Å². The molecule has 0 unspecified atom stereocenters. The molecule has 9 heteroatoms. The standard InChI is InChI=1S/C21H26N2O6S/c1-15-5-3-4-6-16(15)14-29-17-7-9-18(10-8-17)30(27,28)23-12-11-21(2,25)13-19(23)20(24)22-26/h3-10,19,25-26H,11-14H2,1-2H3,(H,22,24)/t19-,21-/m1/s1. The van der Waals surface area contributed by atoms with Gasteiger partial charge in [-0.05, 0) is 55.7 Å². The molecule has 1 fully saturated rings. The van der Waals surface area contributed by atoms with Crippen molar-refractivity contribution in [2.45, 2.75) is 49.8 Å². The summed E-state index contributed by atoms with van der Waals surface area (Å²) in [4.78, 5) is 12.0. The average molecular weight is 435 g/mol. The van der Waals surface area contributed by atoms with Gasteiger partial charge < -0.3 is 9.84 Å². The van der Waals surface area contributed by atoms with Crippen LogP contribution in [0.4, 0.5) is 0 Å². The SMILES string of the molecule is Cc1ccccc1COc1ccc(S(=O)(=O)N2CC[C@@](C)(O)C[C@@H]2C(=O)NO)cc1. The minimum atomic E-state index is -4.01. The number of benzene rings is 2. The smallest absolute Gasteiger partial charge is 0.261 e. The first-order valence-corrected chi connectivity index (χ1v) is 11.0. The number of carbonyl (C=O) groups excluding carboxylic acids is 1. The molecule has 0 aliphatic carbocycles. The Balaban J connectivity index is 1.77. The van der Waals surface area contributed by atoms with E-state index in [2.05, 4.69) is 0 Å². The molecule has 0 saturated carbocycles. The Morgan fingerprint density at radius 3 is 2.53 bits per heavy atom. The molecule has 3 N–H and O–H groups in total. The summed E-state index contributed by atoms with van der Waals surface area (Å²) in [6.45, 7) is 3.84. The number of aryl methyl sites for hydroxylation is 1. The lowest BCUT2D eigenvalue weighted by Gasteiger charge is -2.40. The minimum absolute atomic E-state index is 0.00280. The molecule has 1 aliphatic rings. The van der Waals surface area contributed by atoms with Crippen LogP contribution in [-0.4, -0.2) is 47.1 Å². The van der Waals surface area contributed by atoms with Gasteiger partial charge in [0.2, 0.25) is 10.0 Å². The molecule has 0 aromatic heterocycles. The number of carbonyl (C=O) groups is 1. The van der Waals surface area contributed by atoms with Gasteiger partial charge in [0, 0.05) is 13.0 Å². The Kier molecular flexibility index (Phi) is 6.47. The Labute approximate surface area is 176 Å². The van der Waals surface area contributed by atoms with Crippen LogP contribution in [-0.2, 0) is 21.4 Å². The summed E-state index contributed by atoms with van der Waals surface area (Å²) in [7, 11) is -4.01. The Hall–Kier alpha value is -2.46. The van der Waals surface area contributed by atoms with Gasteiger partial charge in [-0.1, -0.05) is 24.3 Å². The van der Waals surface area contributed by atoms with E-state index in [0.717, 1.165) is 15.4 Å². The van der Waals surface area contributed by atoms with Gasteiger partial charge in [0.15, 0.2) is 0 Å². The quantitative estimate of drug-likeness (QED) is 0.473. The average Bonchev–Trinajstić information content (AvgIpc) is 2.72. The molecule has 8 nitrogen and oxygen atoms in total. The third-order valence-corrected chi connectivity index (χ3v) is 7.27. The molecule has 2 aromatic carbocycles. The Morgan fingerprint density at radius 2 is 1.90 bits per heavy atom. The Morgan fingerprint density at radius 1 is 1.23 bits per heavy atom. The van der Waals surface area contributed by atoms with E-state index in [1.165, 1.54) is 24.5 Å². The van der Waals surface area contributed by atoms with E-state index in [1.54, 1.807) is 12.1 Å². The lowest BCUT2D eigenvalue weighted by molar-refractivity contribution is -0.137.